The van der Waals surface area contributed by atoms with Gasteiger partial charge in [0.1, 0.15) is 0 Å². The van der Waals surface area contributed by atoms with Crippen LogP contribution in [-0.2, 0) is 6.54 Å². The minimum atomic E-state index is 0.358. The monoisotopic (exact) mass is 233 g/mol. The normalized spacial score (nSPS) is 18.5. The number of likely N-dealkylation sites (tertiary alicyclic amines) is 1. The lowest BCUT2D eigenvalue weighted by atomic mass is 9.96. The summed E-state index contributed by atoms with van der Waals surface area (Å²) in [6.07, 6.45) is 2.28. The molecular weight excluding hydrogens is 210 g/mol. The fourth-order valence-corrected chi connectivity index (χ4v) is 2.55. The zero-order chi connectivity index (χ0) is 12.3. The van der Waals surface area contributed by atoms with Crippen molar-refractivity contribution < 1.29 is 5.11 Å². The van der Waals surface area contributed by atoms with Gasteiger partial charge in [0, 0.05) is 13.2 Å². The van der Waals surface area contributed by atoms with Crippen LogP contribution in [0.5, 0.6) is 0 Å². The topological polar surface area (TPSA) is 23.5 Å². The molecule has 17 heavy (non-hydrogen) atoms. The van der Waals surface area contributed by atoms with Crippen LogP contribution < -0.4 is 0 Å². The summed E-state index contributed by atoms with van der Waals surface area (Å²) in [5, 5.41) is 9.13. The van der Waals surface area contributed by atoms with Gasteiger partial charge in [-0.3, -0.25) is 4.90 Å². The van der Waals surface area contributed by atoms with E-state index in [1.54, 1.807) is 0 Å². The molecule has 94 valence electrons. The zero-order valence-corrected chi connectivity index (χ0v) is 10.9. The van der Waals surface area contributed by atoms with E-state index in [4.69, 9.17) is 5.11 Å². The summed E-state index contributed by atoms with van der Waals surface area (Å²) in [7, 11) is 0. The minimum absolute atomic E-state index is 0.358. The van der Waals surface area contributed by atoms with Crippen LogP contribution in [0.2, 0.25) is 0 Å². The molecule has 0 aromatic heterocycles. The summed E-state index contributed by atoms with van der Waals surface area (Å²) in [5.74, 6) is 0.532. The van der Waals surface area contributed by atoms with Crippen LogP contribution in [0.3, 0.4) is 0 Å². The average Bonchev–Trinajstić information content (AvgIpc) is 2.36. The number of hydrogen-bond acceptors (Lipinski definition) is 2. The molecule has 0 amide bonds. The zero-order valence-electron chi connectivity index (χ0n) is 10.9. The second-order valence-corrected chi connectivity index (χ2v) is 5.26. The molecule has 0 bridgehead atoms. The smallest absolute Gasteiger partial charge is 0.0460 e. The molecule has 2 nitrogen and oxygen atoms in total. The molecule has 2 rings (SSSR count). The third kappa shape index (κ3) is 3.08. The molecule has 0 unspecified atom stereocenters. The summed E-state index contributed by atoms with van der Waals surface area (Å²) in [5.41, 5.74) is 4.26. The Balaban J connectivity index is 1.95. The number of benzene rings is 1. The van der Waals surface area contributed by atoms with E-state index in [-0.39, 0.29) is 0 Å². The molecule has 0 atom stereocenters. The standard InChI is InChI=1S/C15H23NO/c1-12-4-3-5-15(13(12)2)10-16-8-6-14(11-17)7-9-16/h3-5,14,17H,6-11H2,1-2H3. The van der Waals surface area contributed by atoms with Gasteiger partial charge in [-0.25, -0.2) is 0 Å². The lowest BCUT2D eigenvalue weighted by molar-refractivity contribution is 0.127. The lowest BCUT2D eigenvalue weighted by Crippen LogP contribution is -2.34. The molecule has 1 aliphatic heterocycles. The van der Waals surface area contributed by atoms with E-state index in [0.29, 0.717) is 12.5 Å². The fourth-order valence-electron chi connectivity index (χ4n) is 2.55. The first kappa shape index (κ1) is 12.6. The molecule has 1 aromatic rings. The predicted octanol–water partition coefficient (Wildman–Crippen LogP) is 2.51. The van der Waals surface area contributed by atoms with Crippen LogP contribution in [0.1, 0.15) is 29.5 Å². The SMILES string of the molecule is Cc1cccc(CN2CCC(CO)CC2)c1C. The maximum atomic E-state index is 9.13. The molecular formula is C15H23NO. The maximum absolute atomic E-state index is 9.13. The summed E-state index contributed by atoms with van der Waals surface area (Å²) in [6.45, 7) is 8.06. The highest BCUT2D eigenvalue weighted by molar-refractivity contribution is 5.33. The number of aliphatic hydroxyl groups is 1. The lowest BCUT2D eigenvalue weighted by Gasteiger charge is -2.31. The van der Waals surface area contributed by atoms with Crippen molar-refractivity contribution in [3.05, 3.63) is 34.9 Å². The van der Waals surface area contributed by atoms with E-state index >= 15 is 0 Å². The predicted molar refractivity (Wildman–Crippen MR) is 71.0 cm³/mol. The highest BCUT2D eigenvalue weighted by atomic mass is 16.3. The Labute approximate surface area is 104 Å². The van der Waals surface area contributed by atoms with Crippen molar-refractivity contribution in [2.45, 2.75) is 33.2 Å². The largest absolute Gasteiger partial charge is 0.396 e. The second kappa shape index (κ2) is 5.65. The molecule has 0 radical (unpaired) electrons. The number of aliphatic hydroxyl groups excluding tert-OH is 1. The van der Waals surface area contributed by atoms with Crippen molar-refractivity contribution in [1.29, 1.82) is 0 Å². The maximum Gasteiger partial charge on any atom is 0.0460 e. The van der Waals surface area contributed by atoms with Crippen LogP contribution in [-0.4, -0.2) is 29.7 Å². The average molecular weight is 233 g/mol. The van der Waals surface area contributed by atoms with Crippen LogP contribution in [0.4, 0.5) is 0 Å². The van der Waals surface area contributed by atoms with E-state index in [0.717, 1.165) is 32.5 Å². The molecule has 1 heterocycles. The first-order chi connectivity index (χ1) is 8.20. The van der Waals surface area contributed by atoms with E-state index in [1.807, 2.05) is 0 Å². The van der Waals surface area contributed by atoms with Gasteiger partial charge >= 0.3 is 0 Å². The molecule has 0 spiro atoms. The Kier molecular flexibility index (Phi) is 4.19. The Bertz CT molecular complexity index is 367. The summed E-state index contributed by atoms with van der Waals surface area (Å²) in [6, 6.07) is 6.56. The van der Waals surface area contributed by atoms with Gasteiger partial charge in [-0.05, 0) is 62.4 Å². The van der Waals surface area contributed by atoms with Gasteiger partial charge < -0.3 is 5.11 Å². The summed E-state index contributed by atoms with van der Waals surface area (Å²) < 4.78 is 0. The van der Waals surface area contributed by atoms with E-state index in [1.165, 1.54) is 16.7 Å². The van der Waals surface area contributed by atoms with E-state index in [9.17, 15) is 0 Å². The Morgan fingerprint density at radius 1 is 1.24 bits per heavy atom. The van der Waals surface area contributed by atoms with E-state index < -0.39 is 0 Å². The third-order valence-corrected chi connectivity index (χ3v) is 4.08. The highest BCUT2D eigenvalue weighted by Crippen LogP contribution is 2.20. The Hall–Kier alpha value is -0.860. The van der Waals surface area contributed by atoms with Crippen molar-refractivity contribution in [2.75, 3.05) is 19.7 Å². The van der Waals surface area contributed by atoms with Crippen molar-refractivity contribution in [3.8, 4) is 0 Å². The molecule has 1 fully saturated rings. The van der Waals surface area contributed by atoms with Crippen molar-refractivity contribution in [1.82, 2.24) is 4.90 Å². The van der Waals surface area contributed by atoms with Gasteiger partial charge in [0.05, 0.1) is 0 Å². The third-order valence-electron chi connectivity index (χ3n) is 4.08. The van der Waals surface area contributed by atoms with Crippen molar-refractivity contribution >= 4 is 0 Å². The number of hydrogen-bond donors (Lipinski definition) is 1. The van der Waals surface area contributed by atoms with Crippen molar-refractivity contribution in [3.63, 3.8) is 0 Å². The molecule has 0 aliphatic carbocycles. The van der Waals surface area contributed by atoms with Gasteiger partial charge in [-0.1, -0.05) is 18.2 Å². The number of nitrogens with zero attached hydrogens (tertiary/aromatic N) is 1. The first-order valence-electron chi connectivity index (χ1n) is 6.59. The number of aryl methyl sites for hydroxylation is 1. The number of piperidine rings is 1. The second-order valence-electron chi connectivity index (χ2n) is 5.26. The Morgan fingerprint density at radius 2 is 1.94 bits per heavy atom. The van der Waals surface area contributed by atoms with Gasteiger partial charge in [0.15, 0.2) is 0 Å². The van der Waals surface area contributed by atoms with Gasteiger partial charge in [-0.2, -0.15) is 0 Å². The van der Waals surface area contributed by atoms with Crippen molar-refractivity contribution in [2.24, 2.45) is 5.92 Å². The van der Waals surface area contributed by atoms with Crippen LogP contribution in [0.25, 0.3) is 0 Å². The van der Waals surface area contributed by atoms with Gasteiger partial charge in [0.2, 0.25) is 0 Å². The van der Waals surface area contributed by atoms with Gasteiger partial charge in [0.25, 0.3) is 0 Å². The van der Waals surface area contributed by atoms with Gasteiger partial charge in [-0.15, -0.1) is 0 Å². The van der Waals surface area contributed by atoms with Crippen LogP contribution in [0, 0.1) is 19.8 Å². The number of rotatable bonds is 3. The van der Waals surface area contributed by atoms with Crippen LogP contribution >= 0.6 is 0 Å². The quantitative estimate of drug-likeness (QED) is 0.867. The molecule has 1 saturated heterocycles. The molecule has 1 N–H and O–H groups in total. The minimum Gasteiger partial charge on any atom is -0.396 e. The summed E-state index contributed by atoms with van der Waals surface area (Å²) >= 11 is 0. The fraction of sp³-hybridized carbons (Fsp3) is 0.600. The molecule has 0 saturated carbocycles. The summed E-state index contributed by atoms with van der Waals surface area (Å²) in [4.78, 5) is 2.51. The molecule has 1 aliphatic rings. The molecule has 1 aromatic carbocycles. The van der Waals surface area contributed by atoms with E-state index in [2.05, 4.69) is 36.9 Å². The molecule has 2 heteroatoms. The Morgan fingerprint density at radius 3 is 2.59 bits per heavy atom. The highest BCUT2D eigenvalue weighted by Gasteiger charge is 2.18. The first-order valence-corrected chi connectivity index (χ1v) is 6.59. The van der Waals surface area contributed by atoms with Crippen LogP contribution in [0.15, 0.2) is 18.2 Å².